The van der Waals surface area contributed by atoms with E-state index in [1.807, 2.05) is 0 Å². The van der Waals surface area contributed by atoms with Gasteiger partial charge >= 0.3 is 0 Å². The fourth-order valence-electron chi connectivity index (χ4n) is 6.50. The van der Waals surface area contributed by atoms with Crippen LogP contribution >= 0.6 is 0 Å². The Bertz CT molecular complexity index is 579. The normalized spacial score (nSPS) is 44.6. The second-order valence-electron chi connectivity index (χ2n) is 9.77. The van der Waals surface area contributed by atoms with Crippen LogP contribution in [0.5, 0.6) is 0 Å². The predicted molar refractivity (Wildman–Crippen MR) is 107 cm³/mol. The summed E-state index contributed by atoms with van der Waals surface area (Å²) in [5.74, 6) is 1.95. The third kappa shape index (κ3) is 4.15. The highest BCUT2D eigenvalue weighted by atomic mass is 32.2. The van der Waals surface area contributed by atoms with Crippen LogP contribution in [0.1, 0.15) is 90.4 Å². The zero-order chi connectivity index (χ0) is 18.1. The first-order chi connectivity index (χ1) is 12.5. The van der Waals surface area contributed by atoms with Gasteiger partial charge in [-0.05, 0) is 62.7 Å². The monoisotopic (exact) mass is 382 g/mol. The lowest BCUT2D eigenvalue weighted by Gasteiger charge is -2.36. The maximum atomic E-state index is 13.1. The number of nitrogens with one attached hydrogen (secondary N) is 2. The molecule has 0 aromatic heterocycles. The Labute approximate surface area is 160 Å². The molecule has 0 amide bonds. The molecule has 7 atom stereocenters. The van der Waals surface area contributed by atoms with Crippen LogP contribution < -0.4 is 10.0 Å². The summed E-state index contributed by atoms with van der Waals surface area (Å²) in [5.41, 5.74) is 0. The van der Waals surface area contributed by atoms with Crippen molar-refractivity contribution in [2.75, 3.05) is 0 Å². The fraction of sp³-hybridized carbons (Fsp3) is 1.00. The number of rotatable bonds is 3. The molecule has 26 heavy (non-hydrogen) atoms. The first-order valence-corrected chi connectivity index (χ1v) is 12.8. The quantitative estimate of drug-likeness (QED) is 0.777. The van der Waals surface area contributed by atoms with Crippen molar-refractivity contribution in [3.63, 3.8) is 0 Å². The van der Waals surface area contributed by atoms with Gasteiger partial charge in [-0.1, -0.05) is 45.4 Å². The van der Waals surface area contributed by atoms with Gasteiger partial charge in [0.1, 0.15) is 0 Å². The van der Waals surface area contributed by atoms with Gasteiger partial charge in [0.15, 0.2) is 0 Å². The van der Waals surface area contributed by atoms with Crippen molar-refractivity contribution in [1.82, 2.24) is 10.0 Å². The summed E-state index contributed by atoms with van der Waals surface area (Å²) >= 11 is 0. The van der Waals surface area contributed by atoms with E-state index in [1.165, 1.54) is 44.9 Å². The topological polar surface area (TPSA) is 58.2 Å². The zero-order valence-corrected chi connectivity index (χ0v) is 17.3. The van der Waals surface area contributed by atoms with E-state index in [4.69, 9.17) is 0 Å². The van der Waals surface area contributed by atoms with E-state index in [0.29, 0.717) is 29.8 Å². The van der Waals surface area contributed by atoms with Gasteiger partial charge in [-0.2, -0.15) is 0 Å². The van der Waals surface area contributed by atoms with Crippen molar-refractivity contribution < 1.29 is 8.42 Å². The average Bonchev–Trinajstić information content (AvgIpc) is 2.90. The average molecular weight is 383 g/mol. The minimum Gasteiger partial charge on any atom is -0.311 e. The van der Waals surface area contributed by atoms with E-state index in [0.717, 1.165) is 38.5 Å². The van der Waals surface area contributed by atoms with Crippen LogP contribution in [0.3, 0.4) is 0 Å². The van der Waals surface area contributed by atoms with Gasteiger partial charge in [-0.25, -0.2) is 13.1 Å². The summed E-state index contributed by atoms with van der Waals surface area (Å²) in [7, 11) is -3.18. The van der Waals surface area contributed by atoms with Gasteiger partial charge in [0.25, 0.3) is 0 Å². The Kier molecular flexibility index (Phi) is 5.97. The summed E-state index contributed by atoms with van der Waals surface area (Å²) in [6.45, 7) is 2.25. The van der Waals surface area contributed by atoms with Gasteiger partial charge < -0.3 is 5.32 Å². The molecule has 4 aliphatic rings. The highest BCUT2D eigenvalue weighted by Crippen LogP contribution is 2.44. The first kappa shape index (κ1) is 19.2. The van der Waals surface area contributed by atoms with Crippen LogP contribution in [0, 0.1) is 17.8 Å². The van der Waals surface area contributed by atoms with E-state index in [1.54, 1.807) is 0 Å². The van der Waals surface area contributed by atoms with Crippen molar-refractivity contribution in [1.29, 1.82) is 0 Å². The van der Waals surface area contributed by atoms with Gasteiger partial charge in [-0.15, -0.1) is 0 Å². The molecule has 1 saturated heterocycles. The van der Waals surface area contributed by atoms with Crippen LogP contribution in [0.15, 0.2) is 0 Å². The van der Waals surface area contributed by atoms with Crippen LogP contribution in [0.25, 0.3) is 0 Å². The van der Waals surface area contributed by atoms with Crippen molar-refractivity contribution in [2.24, 2.45) is 17.8 Å². The summed E-state index contributed by atoms with van der Waals surface area (Å²) in [6, 6.07) is 1.40. The molecule has 4 fully saturated rings. The Hall–Kier alpha value is -0.130. The van der Waals surface area contributed by atoms with E-state index in [-0.39, 0.29) is 11.3 Å². The summed E-state index contributed by atoms with van der Waals surface area (Å²) < 4.78 is 29.3. The van der Waals surface area contributed by atoms with Crippen LogP contribution in [-0.4, -0.2) is 31.8 Å². The lowest BCUT2D eigenvalue weighted by Crippen LogP contribution is -2.47. The smallest absolute Gasteiger partial charge is 0.214 e. The molecule has 0 radical (unpaired) electrons. The molecular weight excluding hydrogens is 344 g/mol. The van der Waals surface area contributed by atoms with Crippen molar-refractivity contribution in [3.05, 3.63) is 0 Å². The Balaban J connectivity index is 1.41. The maximum absolute atomic E-state index is 13.1. The number of fused-ring (bicyclic) bond motifs is 3. The second-order valence-corrected chi connectivity index (χ2v) is 11.8. The molecule has 2 N–H and O–H groups in total. The van der Waals surface area contributed by atoms with Crippen molar-refractivity contribution >= 4 is 10.0 Å². The molecule has 3 aliphatic carbocycles. The molecule has 7 unspecified atom stereocenters. The highest BCUT2D eigenvalue weighted by Gasteiger charge is 2.47. The molecule has 3 saturated carbocycles. The van der Waals surface area contributed by atoms with Gasteiger partial charge in [0.05, 0.1) is 5.25 Å². The molecule has 1 aliphatic heterocycles. The lowest BCUT2D eigenvalue weighted by atomic mass is 9.74. The Morgan fingerprint density at radius 2 is 1.54 bits per heavy atom. The molecule has 0 bridgehead atoms. The SMILES string of the molecule is CC1CCCC(NS(=O)(=O)C2CCC3NC4CCCCCCC4C3C2)C1. The molecular formula is C21H38N2O2S. The number of sulfonamides is 1. The molecule has 5 heteroatoms. The summed E-state index contributed by atoms with van der Waals surface area (Å²) in [6.07, 6.45) is 15.2. The third-order valence-corrected chi connectivity index (χ3v) is 9.82. The van der Waals surface area contributed by atoms with Gasteiger partial charge in [0, 0.05) is 18.1 Å². The third-order valence-electron chi connectivity index (χ3n) is 7.86. The molecule has 1 heterocycles. The Morgan fingerprint density at radius 1 is 0.769 bits per heavy atom. The number of hydrogen-bond acceptors (Lipinski definition) is 3. The molecule has 150 valence electrons. The molecule has 4 rings (SSSR count). The van der Waals surface area contributed by atoms with E-state index < -0.39 is 10.0 Å². The van der Waals surface area contributed by atoms with Gasteiger partial charge in [0.2, 0.25) is 10.0 Å². The zero-order valence-electron chi connectivity index (χ0n) is 16.5. The largest absolute Gasteiger partial charge is 0.311 e. The summed E-state index contributed by atoms with van der Waals surface area (Å²) in [4.78, 5) is 0. The first-order valence-electron chi connectivity index (χ1n) is 11.3. The minimum atomic E-state index is -3.18. The van der Waals surface area contributed by atoms with Gasteiger partial charge in [-0.3, -0.25) is 0 Å². The van der Waals surface area contributed by atoms with E-state index in [2.05, 4.69) is 17.0 Å². The lowest BCUT2D eigenvalue weighted by molar-refractivity contribution is 0.242. The highest BCUT2D eigenvalue weighted by molar-refractivity contribution is 7.90. The number of hydrogen-bond donors (Lipinski definition) is 2. The summed E-state index contributed by atoms with van der Waals surface area (Å²) in [5, 5.41) is 3.75. The Morgan fingerprint density at radius 3 is 2.35 bits per heavy atom. The van der Waals surface area contributed by atoms with E-state index in [9.17, 15) is 8.42 Å². The predicted octanol–water partition coefficient (Wildman–Crippen LogP) is 3.96. The van der Waals surface area contributed by atoms with Crippen LogP contribution in [0.2, 0.25) is 0 Å². The second kappa shape index (κ2) is 8.08. The molecule has 0 aromatic rings. The van der Waals surface area contributed by atoms with Crippen LogP contribution in [0.4, 0.5) is 0 Å². The fourth-order valence-corrected chi connectivity index (χ4v) is 8.30. The maximum Gasteiger partial charge on any atom is 0.214 e. The van der Waals surface area contributed by atoms with Crippen molar-refractivity contribution in [2.45, 2.75) is 114 Å². The minimum absolute atomic E-state index is 0.160. The van der Waals surface area contributed by atoms with Crippen LogP contribution in [-0.2, 0) is 10.0 Å². The van der Waals surface area contributed by atoms with E-state index >= 15 is 0 Å². The molecule has 4 nitrogen and oxygen atoms in total. The standard InChI is InChI=1S/C21H38N2O2S/c1-15-7-6-8-16(13-15)23-26(24,25)17-11-12-21-19(14-17)18-9-4-2-3-5-10-20(18)22-21/h15-23H,2-14H2,1H3. The van der Waals surface area contributed by atoms with Crippen molar-refractivity contribution in [3.8, 4) is 0 Å². The molecule has 0 aromatic carbocycles. The molecule has 0 spiro atoms.